The van der Waals surface area contributed by atoms with E-state index >= 15 is 0 Å². The number of hydrazine groups is 1. The minimum Gasteiger partial charge on any atom is -0.497 e. The van der Waals surface area contributed by atoms with E-state index in [4.69, 9.17) is 14.2 Å². The minimum atomic E-state index is -0.157. The van der Waals surface area contributed by atoms with Gasteiger partial charge < -0.3 is 24.4 Å². The highest BCUT2D eigenvalue weighted by atomic mass is 16.6. The summed E-state index contributed by atoms with van der Waals surface area (Å²) in [6.07, 6.45) is 2.00. The van der Waals surface area contributed by atoms with Crippen LogP contribution in [-0.4, -0.2) is 56.8 Å². The number of nitrogens with one attached hydrogen (secondary N) is 3. The fraction of sp³-hybridized carbons (Fsp3) is 0.458. The van der Waals surface area contributed by atoms with Crippen molar-refractivity contribution in [1.82, 2.24) is 15.8 Å². The molecule has 0 aliphatic carbocycles. The lowest BCUT2D eigenvalue weighted by molar-refractivity contribution is -0.136. The largest absolute Gasteiger partial charge is 0.497 e. The Morgan fingerprint density at radius 1 is 1.16 bits per heavy atom. The van der Waals surface area contributed by atoms with Crippen LogP contribution < -0.4 is 30.4 Å². The summed E-state index contributed by atoms with van der Waals surface area (Å²) >= 11 is 0. The van der Waals surface area contributed by atoms with Gasteiger partial charge in [-0.3, -0.25) is 10.2 Å². The van der Waals surface area contributed by atoms with Crippen LogP contribution >= 0.6 is 0 Å². The van der Waals surface area contributed by atoms with Crippen LogP contribution in [0.2, 0.25) is 0 Å². The molecule has 8 nitrogen and oxygen atoms in total. The first kappa shape index (κ1) is 20.9. The van der Waals surface area contributed by atoms with E-state index in [1.807, 2.05) is 47.4 Å². The number of hydrogen-bond donors (Lipinski definition) is 3. The highest BCUT2D eigenvalue weighted by molar-refractivity contribution is 5.80. The van der Waals surface area contributed by atoms with E-state index < -0.39 is 0 Å². The van der Waals surface area contributed by atoms with Gasteiger partial charge in [0, 0.05) is 37.4 Å². The summed E-state index contributed by atoms with van der Waals surface area (Å²) in [5.74, 6) is 2.38. The number of hydrogen-bond acceptors (Lipinski definition) is 7. The van der Waals surface area contributed by atoms with E-state index in [0.29, 0.717) is 26.3 Å². The third kappa shape index (κ3) is 4.33. The number of methoxy groups -OCH3 is 1. The zero-order chi connectivity index (χ0) is 21.9. The molecule has 3 unspecified atom stereocenters. The number of ether oxygens (including phenoxy) is 3. The maximum atomic E-state index is 13.5. The molecule has 2 fully saturated rings. The molecule has 3 heterocycles. The van der Waals surface area contributed by atoms with Crippen LogP contribution in [0.15, 0.2) is 42.5 Å². The van der Waals surface area contributed by atoms with Crippen molar-refractivity contribution in [2.75, 3.05) is 45.3 Å². The molecule has 2 aromatic rings. The van der Waals surface area contributed by atoms with Crippen LogP contribution in [0, 0.1) is 5.92 Å². The van der Waals surface area contributed by atoms with Crippen LogP contribution in [-0.2, 0) is 4.79 Å². The highest BCUT2D eigenvalue weighted by Gasteiger charge is 2.38. The molecule has 0 aromatic heterocycles. The third-order valence-corrected chi connectivity index (χ3v) is 6.40. The summed E-state index contributed by atoms with van der Waals surface area (Å²) in [5, 5.41) is 3.59. The Hall–Kier alpha value is -2.97. The van der Waals surface area contributed by atoms with Crippen molar-refractivity contribution in [2.45, 2.75) is 24.9 Å². The van der Waals surface area contributed by atoms with Crippen LogP contribution in [0.5, 0.6) is 17.2 Å². The number of carbonyl (C=O) groups is 1. The molecule has 1 amide bonds. The van der Waals surface area contributed by atoms with Crippen molar-refractivity contribution in [1.29, 1.82) is 0 Å². The van der Waals surface area contributed by atoms with Crippen molar-refractivity contribution in [3.8, 4) is 17.2 Å². The van der Waals surface area contributed by atoms with Crippen LogP contribution in [0.3, 0.4) is 0 Å². The Labute approximate surface area is 188 Å². The lowest BCUT2D eigenvalue weighted by atomic mass is 9.92. The SMILES string of the molecule is COc1cccc(C2NNCC2C(=O)N2CCCC(Nc3ccc4c(c3)OCCO4)C2)c1. The van der Waals surface area contributed by atoms with Gasteiger partial charge in [0.05, 0.1) is 19.1 Å². The smallest absolute Gasteiger partial charge is 0.229 e. The first-order valence-corrected chi connectivity index (χ1v) is 11.3. The van der Waals surface area contributed by atoms with E-state index in [1.54, 1.807) is 7.11 Å². The van der Waals surface area contributed by atoms with Crippen LogP contribution in [0.25, 0.3) is 0 Å². The second kappa shape index (κ2) is 9.26. The predicted molar refractivity (Wildman–Crippen MR) is 121 cm³/mol. The number of likely N-dealkylation sites (tertiary alicyclic amines) is 1. The standard InChI is InChI=1S/C24H30N4O4/c1-30-19-6-2-4-16(12-19)23-20(14-25-27-23)24(29)28-9-3-5-18(15-28)26-17-7-8-21-22(13-17)32-11-10-31-21/h2,4,6-8,12-13,18,20,23,25-27H,3,5,9-11,14-15H2,1H3. The second-order valence-electron chi connectivity index (χ2n) is 8.51. The minimum absolute atomic E-state index is 0.0799. The first-order chi connectivity index (χ1) is 15.7. The van der Waals surface area contributed by atoms with Crippen molar-refractivity contribution in [2.24, 2.45) is 5.92 Å². The fourth-order valence-corrected chi connectivity index (χ4v) is 4.78. The first-order valence-electron chi connectivity index (χ1n) is 11.3. The molecular formula is C24H30N4O4. The van der Waals surface area contributed by atoms with E-state index in [1.165, 1.54) is 0 Å². The zero-order valence-corrected chi connectivity index (χ0v) is 18.3. The molecule has 2 aromatic carbocycles. The van der Waals surface area contributed by atoms with E-state index in [-0.39, 0.29) is 23.9 Å². The molecule has 32 heavy (non-hydrogen) atoms. The molecule has 0 spiro atoms. The molecule has 8 heteroatoms. The Morgan fingerprint density at radius 3 is 2.91 bits per heavy atom. The molecule has 170 valence electrons. The second-order valence-corrected chi connectivity index (χ2v) is 8.51. The van der Waals surface area contributed by atoms with Gasteiger partial charge in [0.2, 0.25) is 5.91 Å². The Morgan fingerprint density at radius 2 is 2.03 bits per heavy atom. The number of rotatable bonds is 5. The van der Waals surface area contributed by atoms with E-state index in [2.05, 4.69) is 16.2 Å². The lowest BCUT2D eigenvalue weighted by Gasteiger charge is -2.36. The molecule has 0 bridgehead atoms. The van der Waals surface area contributed by atoms with E-state index in [9.17, 15) is 4.79 Å². The van der Waals surface area contributed by atoms with Crippen LogP contribution in [0.1, 0.15) is 24.4 Å². The molecule has 0 radical (unpaired) electrons. The Bertz CT molecular complexity index is 969. The molecule has 3 aliphatic rings. The molecule has 3 atom stereocenters. The highest BCUT2D eigenvalue weighted by Crippen LogP contribution is 2.34. The van der Waals surface area contributed by atoms with Gasteiger partial charge in [0.25, 0.3) is 0 Å². The van der Waals surface area contributed by atoms with Crippen LogP contribution in [0.4, 0.5) is 5.69 Å². The average molecular weight is 439 g/mol. The van der Waals surface area contributed by atoms with Crippen molar-refractivity contribution in [3.05, 3.63) is 48.0 Å². The zero-order valence-electron chi connectivity index (χ0n) is 18.3. The number of nitrogens with zero attached hydrogens (tertiary/aromatic N) is 1. The number of anilines is 1. The summed E-state index contributed by atoms with van der Waals surface area (Å²) in [4.78, 5) is 15.5. The molecule has 5 rings (SSSR count). The molecular weight excluding hydrogens is 408 g/mol. The maximum absolute atomic E-state index is 13.5. The van der Waals surface area contributed by atoms with Gasteiger partial charge in [-0.05, 0) is 42.7 Å². The lowest BCUT2D eigenvalue weighted by Crippen LogP contribution is -2.48. The monoisotopic (exact) mass is 438 g/mol. The van der Waals surface area contributed by atoms with Crippen molar-refractivity contribution in [3.63, 3.8) is 0 Å². The average Bonchev–Trinajstić information content (AvgIpc) is 3.34. The molecule has 2 saturated heterocycles. The third-order valence-electron chi connectivity index (χ3n) is 6.40. The van der Waals surface area contributed by atoms with Crippen molar-refractivity contribution < 1.29 is 19.0 Å². The topological polar surface area (TPSA) is 84.1 Å². The van der Waals surface area contributed by atoms with Gasteiger partial charge in [-0.1, -0.05) is 12.1 Å². The normalized spacial score (nSPS) is 24.8. The van der Waals surface area contributed by atoms with Gasteiger partial charge in [0.15, 0.2) is 11.5 Å². The number of carbonyl (C=O) groups excluding carboxylic acids is 1. The Kier molecular flexibility index (Phi) is 6.05. The van der Waals surface area contributed by atoms with Crippen molar-refractivity contribution >= 4 is 11.6 Å². The fourth-order valence-electron chi connectivity index (χ4n) is 4.78. The molecule has 3 N–H and O–H groups in total. The quantitative estimate of drug-likeness (QED) is 0.661. The predicted octanol–water partition coefficient (Wildman–Crippen LogP) is 2.33. The molecule has 3 aliphatic heterocycles. The number of fused-ring (bicyclic) bond motifs is 1. The van der Waals surface area contributed by atoms with Gasteiger partial charge in [-0.2, -0.15) is 0 Å². The number of piperidine rings is 1. The number of benzene rings is 2. The number of amides is 1. The van der Waals surface area contributed by atoms with Gasteiger partial charge in [-0.25, -0.2) is 5.43 Å². The maximum Gasteiger partial charge on any atom is 0.229 e. The summed E-state index contributed by atoms with van der Waals surface area (Å²) in [7, 11) is 1.66. The van der Waals surface area contributed by atoms with Gasteiger partial charge >= 0.3 is 0 Å². The van der Waals surface area contributed by atoms with Gasteiger partial charge in [0.1, 0.15) is 19.0 Å². The molecule has 0 saturated carbocycles. The Balaban J connectivity index is 1.25. The summed E-state index contributed by atoms with van der Waals surface area (Å²) in [6.45, 7) is 3.24. The van der Waals surface area contributed by atoms with E-state index in [0.717, 1.165) is 47.9 Å². The summed E-state index contributed by atoms with van der Waals surface area (Å²) in [6, 6.07) is 14.0. The summed E-state index contributed by atoms with van der Waals surface area (Å²) < 4.78 is 16.7. The summed E-state index contributed by atoms with van der Waals surface area (Å²) in [5.41, 5.74) is 8.50. The van der Waals surface area contributed by atoms with Gasteiger partial charge in [-0.15, -0.1) is 0 Å².